The molecule has 0 radical (unpaired) electrons. The fourth-order valence-corrected chi connectivity index (χ4v) is 1.90. The van der Waals surface area contributed by atoms with Crippen molar-refractivity contribution in [3.8, 4) is 5.75 Å². The van der Waals surface area contributed by atoms with Crippen molar-refractivity contribution in [1.29, 1.82) is 0 Å². The van der Waals surface area contributed by atoms with Crippen LogP contribution in [-0.2, 0) is 4.79 Å². The van der Waals surface area contributed by atoms with Crippen molar-refractivity contribution in [1.82, 2.24) is 5.32 Å². The minimum Gasteiger partial charge on any atom is -0.494 e. The van der Waals surface area contributed by atoms with Gasteiger partial charge in [0.05, 0.1) is 7.11 Å². The maximum absolute atomic E-state index is 13.6. The summed E-state index contributed by atoms with van der Waals surface area (Å²) < 4.78 is 18.4. The van der Waals surface area contributed by atoms with Gasteiger partial charge in [0.2, 0.25) is 0 Å². The number of carboxylic acid groups (broad SMARTS) is 1. The highest BCUT2D eigenvalue weighted by atomic mass is 19.1. The van der Waals surface area contributed by atoms with Gasteiger partial charge in [-0.1, -0.05) is 6.07 Å². The average molecular weight is 269 g/mol. The summed E-state index contributed by atoms with van der Waals surface area (Å²) in [5, 5.41) is 11.9. The summed E-state index contributed by atoms with van der Waals surface area (Å²) in [6.45, 7) is 3.83. The van der Waals surface area contributed by atoms with E-state index in [1.54, 1.807) is 12.1 Å². The van der Waals surface area contributed by atoms with Crippen LogP contribution in [0.3, 0.4) is 0 Å². The van der Waals surface area contributed by atoms with Crippen molar-refractivity contribution in [2.75, 3.05) is 7.11 Å². The molecular formula is C14H20FNO3. The molecule has 2 atom stereocenters. The molecule has 0 aliphatic heterocycles. The zero-order valence-electron chi connectivity index (χ0n) is 11.4. The van der Waals surface area contributed by atoms with Gasteiger partial charge < -0.3 is 15.2 Å². The van der Waals surface area contributed by atoms with E-state index in [2.05, 4.69) is 5.32 Å². The molecular weight excluding hydrogens is 249 g/mol. The van der Waals surface area contributed by atoms with Gasteiger partial charge in [0.25, 0.3) is 0 Å². The molecule has 2 N–H and O–H groups in total. The highest BCUT2D eigenvalue weighted by Crippen LogP contribution is 2.22. The molecule has 1 aromatic carbocycles. The van der Waals surface area contributed by atoms with E-state index >= 15 is 0 Å². The van der Waals surface area contributed by atoms with Crippen molar-refractivity contribution >= 4 is 5.97 Å². The van der Waals surface area contributed by atoms with Crippen LogP contribution in [0.4, 0.5) is 4.39 Å². The molecule has 0 fully saturated rings. The van der Waals surface area contributed by atoms with Crippen LogP contribution in [0.25, 0.3) is 0 Å². The molecule has 0 aliphatic carbocycles. The van der Waals surface area contributed by atoms with Gasteiger partial charge in [0, 0.05) is 18.5 Å². The van der Waals surface area contributed by atoms with Crippen LogP contribution in [0.2, 0.25) is 0 Å². The Labute approximate surface area is 112 Å². The topological polar surface area (TPSA) is 58.6 Å². The highest BCUT2D eigenvalue weighted by Gasteiger charge is 2.12. The Kier molecular flexibility index (Phi) is 5.76. The number of benzene rings is 1. The molecule has 1 aromatic rings. The third kappa shape index (κ3) is 4.87. The van der Waals surface area contributed by atoms with E-state index in [4.69, 9.17) is 9.84 Å². The van der Waals surface area contributed by atoms with Gasteiger partial charge in [0.1, 0.15) is 0 Å². The monoisotopic (exact) mass is 269 g/mol. The molecule has 0 aromatic heterocycles. The molecule has 19 heavy (non-hydrogen) atoms. The van der Waals surface area contributed by atoms with Gasteiger partial charge in [-0.15, -0.1) is 0 Å². The van der Waals surface area contributed by atoms with E-state index in [0.717, 1.165) is 5.56 Å². The second-order valence-electron chi connectivity index (χ2n) is 4.62. The summed E-state index contributed by atoms with van der Waals surface area (Å²) in [6.07, 6.45) is 0.663. The van der Waals surface area contributed by atoms with Crippen molar-refractivity contribution < 1.29 is 19.0 Å². The Bertz CT molecular complexity index is 437. The number of carbonyl (C=O) groups is 1. The molecule has 5 heteroatoms. The average Bonchev–Trinajstić information content (AvgIpc) is 2.36. The molecule has 1 rings (SSSR count). The first-order valence-electron chi connectivity index (χ1n) is 6.25. The van der Waals surface area contributed by atoms with Gasteiger partial charge in [-0.2, -0.15) is 0 Å². The molecule has 106 valence electrons. The zero-order valence-corrected chi connectivity index (χ0v) is 11.4. The fraction of sp³-hybridized carbons (Fsp3) is 0.500. The van der Waals surface area contributed by atoms with Crippen LogP contribution in [0.5, 0.6) is 5.75 Å². The lowest BCUT2D eigenvalue weighted by Crippen LogP contribution is -2.29. The summed E-state index contributed by atoms with van der Waals surface area (Å²) in [5.74, 6) is -0.987. The third-order valence-corrected chi connectivity index (χ3v) is 3.00. The minimum absolute atomic E-state index is 0.0517. The maximum atomic E-state index is 13.6. The third-order valence-electron chi connectivity index (χ3n) is 3.00. The van der Waals surface area contributed by atoms with Gasteiger partial charge in [-0.25, -0.2) is 4.39 Å². The Hall–Kier alpha value is -1.62. The second-order valence-corrected chi connectivity index (χ2v) is 4.62. The smallest absolute Gasteiger partial charge is 0.303 e. The molecule has 0 spiro atoms. The lowest BCUT2D eigenvalue weighted by molar-refractivity contribution is -0.137. The van der Waals surface area contributed by atoms with E-state index in [1.807, 2.05) is 13.8 Å². The molecule has 0 saturated carbocycles. The molecule has 4 nitrogen and oxygen atoms in total. The van der Waals surface area contributed by atoms with Crippen LogP contribution < -0.4 is 10.1 Å². The highest BCUT2D eigenvalue weighted by molar-refractivity contribution is 5.66. The zero-order chi connectivity index (χ0) is 14.4. The normalized spacial score (nSPS) is 13.9. The first kappa shape index (κ1) is 15.4. The Morgan fingerprint density at radius 3 is 2.68 bits per heavy atom. The predicted octanol–water partition coefficient (Wildman–Crippen LogP) is 2.74. The molecule has 2 unspecified atom stereocenters. The van der Waals surface area contributed by atoms with E-state index in [0.29, 0.717) is 6.42 Å². The van der Waals surface area contributed by atoms with Crippen LogP contribution in [-0.4, -0.2) is 24.2 Å². The number of ether oxygens (including phenoxy) is 1. The van der Waals surface area contributed by atoms with Gasteiger partial charge in [0.15, 0.2) is 11.6 Å². The number of hydrogen-bond acceptors (Lipinski definition) is 3. The van der Waals surface area contributed by atoms with Crippen molar-refractivity contribution in [2.45, 2.75) is 38.8 Å². The van der Waals surface area contributed by atoms with Crippen molar-refractivity contribution in [2.24, 2.45) is 0 Å². The second kappa shape index (κ2) is 7.09. The standard InChI is InChI=1S/C14H20FNO3/c1-9(4-7-14(17)18)16-10(2)11-5-6-13(19-3)12(15)8-11/h5-6,8-10,16H,4,7H2,1-3H3,(H,17,18). The van der Waals surface area contributed by atoms with Gasteiger partial charge >= 0.3 is 5.97 Å². The molecule has 0 aliphatic rings. The first-order chi connectivity index (χ1) is 8.93. The number of hydrogen-bond donors (Lipinski definition) is 2. The fourth-order valence-electron chi connectivity index (χ4n) is 1.90. The van der Waals surface area contributed by atoms with E-state index < -0.39 is 11.8 Å². The number of halogens is 1. The molecule has 0 amide bonds. The van der Waals surface area contributed by atoms with Gasteiger partial charge in [-0.3, -0.25) is 4.79 Å². The minimum atomic E-state index is -0.809. The van der Waals surface area contributed by atoms with Crippen molar-refractivity contribution in [3.05, 3.63) is 29.6 Å². The summed E-state index contributed by atoms with van der Waals surface area (Å²) in [7, 11) is 1.42. The number of aliphatic carboxylic acids is 1. The SMILES string of the molecule is COc1ccc(C(C)NC(C)CCC(=O)O)cc1F. The number of rotatable bonds is 7. The Morgan fingerprint density at radius 2 is 2.16 bits per heavy atom. The van der Waals surface area contributed by atoms with E-state index in [-0.39, 0.29) is 24.3 Å². The van der Waals surface area contributed by atoms with E-state index in [1.165, 1.54) is 13.2 Å². The summed E-state index contributed by atoms with van der Waals surface area (Å²) in [4.78, 5) is 10.5. The number of nitrogens with one attached hydrogen (secondary N) is 1. The molecule has 0 bridgehead atoms. The maximum Gasteiger partial charge on any atom is 0.303 e. The predicted molar refractivity (Wildman–Crippen MR) is 70.8 cm³/mol. The van der Waals surface area contributed by atoms with Crippen molar-refractivity contribution in [3.63, 3.8) is 0 Å². The van der Waals surface area contributed by atoms with Crippen LogP contribution >= 0.6 is 0 Å². The lowest BCUT2D eigenvalue weighted by Gasteiger charge is -2.20. The Balaban J connectivity index is 2.60. The summed E-state index contributed by atoms with van der Waals surface area (Å²) >= 11 is 0. The Morgan fingerprint density at radius 1 is 1.47 bits per heavy atom. The lowest BCUT2D eigenvalue weighted by atomic mass is 10.1. The van der Waals surface area contributed by atoms with Crippen LogP contribution in [0, 0.1) is 5.82 Å². The van der Waals surface area contributed by atoms with Crippen LogP contribution in [0.1, 0.15) is 38.3 Å². The quantitative estimate of drug-likeness (QED) is 0.799. The summed E-state index contributed by atoms with van der Waals surface area (Å²) in [5.41, 5.74) is 0.806. The molecule has 0 heterocycles. The first-order valence-corrected chi connectivity index (χ1v) is 6.25. The largest absolute Gasteiger partial charge is 0.494 e. The van der Waals surface area contributed by atoms with Crippen LogP contribution in [0.15, 0.2) is 18.2 Å². The summed E-state index contributed by atoms with van der Waals surface area (Å²) in [6, 6.07) is 4.81. The van der Waals surface area contributed by atoms with E-state index in [9.17, 15) is 9.18 Å². The number of carboxylic acids is 1. The molecule has 0 saturated heterocycles. The van der Waals surface area contributed by atoms with Gasteiger partial charge in [-0.05, 0) is 38.0 Å². The number of methoxy groups -OCH3 is 1.